The maximum absolute atomic E-state index is 12.0. The van der Waals surface area contributed by atoms with E-state index in [0.717, 1.165) is 18.0 Å². The van der Waals surface area contributed by atoms with Crippen molar-refractivity contribution in [3.63, 3.8) is 0 Å². The number of nitrogens with one attached hydrogen (secondary N) is 2. The fourth-order valence-corrected chi connectivity index (χ4v) is 3.44. The molecule has 1 amide bonds. The largest absolute Gasteiger partial charge is 0.332 e. The first-order valence-corrected chi connectivity index (χ1v) is 8.63. The Morgan fingerprint density at radius 3 is 2.41 bits per heavy atom. The van der Waals surface area contributed by atoms with Crippen molar-refractivity contribution < 1.29 is 4.79 Å². The standard InChI is InChI=1S/C18H26N2OS/c1-13-10-14(2)12-16(11-13)19-18(22)20-17(21)9-8-15-6-4-3-5-7-15/h10-12,15H,3-9H2,1-2H3,(H2,19,20,21,22). The molecule has 3 nitrogen and oxygen atoms in total. The van der Waals surface area contributed by atoms with Crippen LogP contribution in [-0.4, -0.2) is 11.0 Å². The van der Waals surface area contributed by atoms with Crippen LogP contribution in [0.2, 0.25) is 0 Å². The number of amides is 1. The van der Waals surface area contributed by atoms with Crippen LogP contribution in [0.5, 0.6) is 0 Å². The summed E-state index contributed by atoms with van der Waals surface area (Å²) in [4.78, 5) is 12.0. The van der Waals surface area contributed by atoms with E-state index < -0.39 is 0 Å². The van der Waals surface area contributed by atoms with Gasteiger partial charge in [-0.25, -0.2) is 0 Å². The van der Waals surface area contributed by atoms with Crippen molar-refractivity contribution in [3.05, 3.63) is 29.3 Å². The van der Waals surface area contributed by atoms with Gasteiger partial charge in [-0.2, -0.15) is 0 Å². The molecule has 2 rings (SSSR count). The van der Waals surface area contributed by atoms with Crippen molar-refractivity contribution in [2.75, 3.05) is 5.32 Å². The molecule has 1 aromatic rings. The third-order valence-corrected chi connectivity index (χ3v) is 4.44. The van der Waals surface area contributed by atoms with Crippen LogP contribution in [0.15, 0.2) is 18.2 Å². The minimum Gasteiger partial charge on any atom is -0.332 e. The number of carbonyl (C=O) groups excluding carboxylic acids is 1. The third kappa shape index (κ3) is 5.76. The second-order valence-corrected chi connectivity index (χ2v) is 6.83. The highest BCUT2D eigenvalue weighted by Crippen LogP contribution is 2.27. The highest BCUT2D eigenvalue weighted by Gasteiger charge is 2.15. The number of carbonyl (C=O) groups is 1. The predicted octanol–water partition coefficient (Wildman–Crippen LogP) is 4.48. The van der Waals surface area contributed by atoms with Crippen LogP contribution < -0.4 is 10.6 Å². The summed E-state index contributed by atoms with van der Waals surface area (Å²) in [6, 6.07) is 6.15. The summed E-state index contributed by atoms with van der Waals surface area (Å²) in [6.07, 6.45) is 8.10. The van der Waals surface area contributed by atoms with Crippen LogP contribution in [0.1, 0.15) is 56.1 Å². The van der Waals surface area contributed by atoms with E-state index in [9.17, 15) is 4.79 Å². The Balaban J connectivity index is 1.74. The lowest BCUT2D eigenvalue weighted by molar-refractivity contribution is -0.120. The number of hydrogen-bond donors (Lipinski definition) is 2. The van der Waals surface area contributed by atoms with Crippen LogP contribution in [0, 0.1) is 19.8 Å². The van der Waals surface area contributed by atoms with E-state index >= 15 is 0 Å². The van der Waals surface area contributed by atoms with E-state index in [1.165, 1.54) is 43.2 Å². The van der Waals surface area contributed by atoms with Gasteiger partial charge in [-0.3, -0.25) is 4.79 Å². The number of aryl methyl sites for hydroxylation is 2. The third-order valence-electron chi connectivity index (χ3n) is 4.24. The number of rotatable bonds is 4. The Morgan fingerprint density at radius 2 is 1.77 bits per heavy atom. The molecule has 0 bridgehead atoms. The van der Waals surface area contributed by atoms with Crippen molar-refractivity contribution >= 4 is 28.9 Å². The minimum absolute atomic E-state index is 0.0208. The first-order chi connectivity index (χ1) is 10.5. The summed E-state index contributed by atoms with van der Waals surface area (Å²) in [7, 11) is 0. The molecule has 1 saturated carbocycles. The first kappa shape index (κ1) is 16.9. The monoisotopic (exact) mass is 318 g/mol. The molecule has 2 N–H and O–H groups in total. The summed E-state index contributed by atoms with van der Waals surface area (Å²) in [5, 5.41) is 6.27. The van der Waals surface area contributed by atoms with Gasteiger partial charge in [0.2, 0.25) is 5.91 Å². The summed E-state index contributed by atoms with van der Waals surface area (Å²) >= 11 is 5.23. The Morgan fingerprint density at radius 1 is 1.14 bits per heavy atom. The summed E-state index contributed by atoms with van der Waals surface area (Å²) in [5.41, 5.74) is 3.28. The van der Waals surface area contributed by atoms with Crippen LogP contribution in [0.4, 0.5) is 5.69 Å². The molecule has 0 aliphatic heterocycles. The van der Waals surface area contributed by atoms with Crippen LogP contribution in [0.3, 0.4) is 0 Å². The second kappa shape index (κ2) is 8.28. The van der Waals surface area contributed by atoms with Gasteiger partial charge in [-0.1, -0.05) is 38.2 Å². The van der Waals surface area contributed by atoms with Gasteiger partial charge >= 0.3 is 0 Å². The maximum Gasteiger partial charge on any atom is 0.226 e. The fourth-order valence-electron chi connectivity index (χ4n) is 3.21. The van der Waals surface area contributed by atoms with E-state index in [1.54, 1.807) is 0 Å². The number of benzene rings is 1. The zero-order valence-corrected chi connectivity index (χ0v) is 14.4. The van der Waals surface area contributed by atoms with Crippen molar-refractivity contribution in [3.8, 4) is 0 Å². The highest BCUT2D eigenvalue weighted by atomic mass is 32.1. The Bertz CT molecular complexity index is 516. The molecule has 0 heterocycles. The zero-order valence-electron chi connectivity index (χ0n) is 13.6. The van der Waals surface area contributed by atoms with E-state index in [-0.39, 0.29) is 5.91 Å². The van der Waals surface area contributed by atoms with Crippen LogP contribution in [-0.2, 0) is 4.79 Å². The molecule has 4 heteroatoms. The lowest BCUT2D eigenvalue weighted by Crippen LogP contribution is -2.34. The van der Waals surface area contributed by atoms with E-state index in [4.69, 9.17) is 12.2 Å². The molecular formula is C18H26N2OS. The number of hydrogen-bond acceptors (Lipinski definition) is 2. The Labute approximate surface area is 138 Å². The Hall–Kier alpha value is -1.42. The zero-order chi connectivity index (χ0) is 15.9. The first-order valence-electron chi connectivity index (χ1n) is 8.22. The van der Waals surface area contributed by atoms with Gasteiger partial charge < -0.3 is 10.6 Å². The van der Waals surface area contributed by atoms with Crippen molar-refractivity contribution in [2.24, 2.45) is 5.92 Å². The lowest BCUT2D eigenvalue weighted by atomic mass is 9.86. The van der Waals surface area contributed by atoms with Gasteiger partial charge in [-0.05, 0) is 61.7 Å². The molecule has 1 aliphatic carbocycles. The number of thiocarbonyl (C=S) groups is 1. The minimum atomic E-state index is 0.0208. The van der Waals surface area contributed by atoms with Gasteiger partial charge in [0.05, 0.1) is 0 Å². The summed E-state index contributed by atoms with van der Waals surface area (Å²) in [6.45, 7) is 4.09. The fraction of sp³-hybridized carbons (Fsp3) is 0.556. The molecule has 0 spiro atoms. The molecule has 0 saturated heterocycles. The van der Waals surface area contributed by atoms with Gasteiger partial charge in [0.15, 0.2) is 5.11 Å². The van der Waals surface area contributed by atoms with Gasteiger partial charge in [0, 0.05) is 12.1 Å². The van der Waals surface area contributed by atoms with Crippen LogP contribution >= 0.6 is 12.2 Å². The molecule has 0 aromatic heterocycles. The molecule has 1 fully saturated rings. The smallest absolute Gasteiger partial charge is 0.226 e. The molecular weight excluding hydrogens is 292 g/mol. The van der Waals surface area contributed by atoms with Gasteiger partial charge in [0.1, 0.15) is 0 Å². The summed E-state index contributed by atoms with van der Waals surface area (Å²) < 4.78 is 0. The maximum atomic E-state index is 12.0. The van der Waals surface area contributed by atoms with Crippen molar-refractivity contribution in [2.45, 2.75) is 58.8 Å². The highest BCUT2D eigenvalue weighted by molar-refractivity contribution is 7.80. The average molecular weight is 318 g/mol. The second-order valence-electron chi connectivity index (χ2n) is 6.42. The molecule has 1 aliphatic rings. The van der Waals surface area contributed by atoms with E-state index in [0.29, 0.717) is 11.5 Å². The lowest BCUT2D eigenvalue weighted by Gasteiger charge is -2.21. The van der Waals surface area contributed by atoms with E-state index in [1.807, 2.05) is 26.0 Å². The average Bonchev–Trinajstić information content (AvgIpc) is 2.45. The Kier molecular flexibility index (Phi) is 6.37. The van der Waals surface area contributed by atoms with Crippen molar-refractivity contribution in [1.82, 2.24) is 5.32 Å². The molecule has 0 unspecified atom stereocenters. The van der Waals surface area contributed by atoms with Crippen LogP contribution in [0.25, 0.3) is 0 Å². The topological polar surface area (TPSA) is 41.1 Å². The normalized spacial score (nSPS) is 15.4. The van der Waals surface area contributed by atoms with Crippen molar-refractivity contribution in [1.29, 1.82) is 0 Å². The summed E-state index contributed by atoms with van der Waals surface area (Å²) in [5.74, 6) is 0.743. The van der Waals surface area contributed by atoms with Gasteiger partial charge in [-0.15, -0.1) is 0 Å². The van der Waals surface area contributed by atoms with E-state index in [2.05, 4.69) is 16.7 Å². The molecule has 1 aromatic carbocycles. The molecule has 0 radical (unpaired) electrons. The molecule has 22 heavy (non-hydrogen) atoms. The van der Waals surface area contributed by atoms with Gasteiger partial charge in [0.25, 0.3) is 0 Å². The SMILES string of the molecule is Cc1cc(C)cc(NC(=S)NC(=O)CCC2CCCCC2)c1. The molecule has 0 atom stereocenters. The number of anilines is 1. The quantitative estimate of drug-likeness (QED) is 0.804. The predicted molar refractivity (Wildman–Crippen MR) is 96.1 cm³/mol. The molecule has 120 valence electrons.